The number of ether oxygens (including phenoxy) is 1. The zero-order chi connectivity index (χ0) is 12.4. The number of hydrogen-bond acceptors (Lipinski definition) is 5. The molecule has 0 atom stereocenters. The molecular formula is C11H12N4O2. The van der Waals surface area contributed by atoms with Gasteiger partial charge in [0.25, 0.3) is 0 Å². The molecule has 6 nitrogen and oxygen atoms in total. The fourth-order valence-electron chi connectivity index (χ4n) is 1.49. The highest BCUT2D eigenvalue weighted by molar-refractivity contribution is 5.92. The first-order valence-corrected chi connectivity index (χ1v) is 4.98. The lowest BCUT2D eigenvalue weighted by Gasteiger charge is -2.03. The largest absolute Gasteiger partial charge is 0.464 e. The third kappa shape index (κ3) is 1.96. The van der Waals surface area contributed by atoms with E-state index >= 15 is 0 Å². The first-order chi connectivity index (χ1) is 8.13. The molecule has 0 bridgehead atoms. The molecule has 2 aromatic heterocycles. The molecule has 2 N–H and O–H groups in total. The maximum Gasteiger partial charge on any atom is 0.360 e. The van der Waals surface area contributed by atoms with Gasteiger partial charge in [-0.2, -0.15) is 5.10 Å². The minimum atomic E-state index is -0.548. The third-order valence-electron chi connectivity index (χ3n) is 2.36. The van der Waals surface area contributed by atoms with Crippen molar-refractivity contribution in [3.05, 3.63) is 35.9 Å². The number of nitrogens with zero attached hydrogens (tertiary/aromatic N) is 3. The van der Waals surface area contributed by atoms with E-state index in [1.807, 2.05) is 6.92 Å². The number of nitrogen functional groups attached to an aromatic ring is 1. The highest BCUT2D eigenvalue weighted by Gasteiger charge is 2.16. The van der Waals surface area contributed by atoms with E-state index in [2.05, 4.69) is 14.8 Å². The SMILES string of the molecule is COC(=O)c1nn(-c2ccncc2C)cc1N. The highest BCUT2D eigenvalue weighted by atomic mass is 16.5. The number of pyridine rings is 1. The van der Waals surface area contributed by atoms with E-state index in [9.17, 15) is 4.79 Å². The van der Waals surface area contributed by atoms with Gasteiger partial charge in [0.1, 0.15) is 0 Å². The average Bonchev–Trinajstić information content (AvgIpc) is 2.71. The second-order valence-electron chi connectivity index (χ2n) is 3.53. The molecule has 0 amide bonds. The van der Waals surface area contributed by atoms with Crippen LogP contribution in [-0.2, 0) is 4.74 Å². The number of carbonyl (C=O) groups excluding carboxylic acids is 1. The Morgan fingerprint density at radius 3 is 2.94 bits per heavy atom. The van der Waals surface area contributed by atoms with Gasteiger partial charge in [-0.1, -0.05) is 0 Å². The van der Waals surface area contributed by atoms with Crippen LogP contribution in [0, 0.1) is 6.92 Å². The van der Waals surface area contributed by atoms with Crippen LogP contribution in [0.3, 0.4) is 0 Å². The van der Waals surface area contributed by atoms with Crippen molar-refractivity contribution in [3.63, 3.8) is 0 Å². The maximum absolute atomic E-state index is 11.4. The summed E-state index contributed by atoms with van der Waals surface area (Å²) >= 11 is 0. The number of rotatable bonds is 2. The maximum atomic E-state index is 11.4. The second kappa shape index (κ2) is 4.25. The van der Waals surface area contributed by atoms with E-state index in [4.69, 9.17) is 5.73 Å². The number of carbonyl (C=O) groups is 1. The number of nitrogens with two attached hydrogens (primary N) is 1. The monoisotopic (exact) mass is 232 g/mol. The summed E-state index contributed by atoms with van der Waals surface area (Å²) in [6, 6.07) is 1.79. The van der Waals surface area contributed by atoms with Gasteiger partial charge in [-0.25, -0.2) is 9.48 Å². The summed E-state index contributed by atoms with van der Waals surface area (Å²) in [5, 5.41) is 4.10. The Bertz CT molecular complexity index is 562. The highest BCUT2D eigenvalue weighted by Crippen LogP contribution is 2.16. The normalized spacial score (nSPS) is 10.2. The zero-order valence-corrected chi connectivity index (χ0v) is 9.54. The van der Waals surface area contributed by atoms with Gasteiger partial charge >= 0.3 is 5.97 Å². The Morgan fingerprint density at radius 1 is 1.53 bits per heavy atom. The van der Waals surface area contributed by atoms with Crippen molar-refractivity contribution >= 4 is 11.7 Å². The van der Waals surface area contributed by atoms with Crippen LogP contribution in [0.1, 0.15) is 16.1 Å². The molecule has 17 heavy (non-hydrogen) atoms. The Kier molecular flexibility index (Phi) is 2.78. The van der Waals surface area contributed by atoms with Gasteiger partial charge in [0.2, 0.25) is 0 Å². The molecular weight excluding hydrogens is 220 g/mol. The zero-order valence-electron chi connectivity index (χ0n) is 9.54. The molecule has 0 spiro atoms. The summed E-state index contributed by atoms with van der Waals surface area (Å²) in [7, 11) is 1.29. The number of anilines is 1. The van der Waals surface area contributed by atoms with Crippen LogP contribution < -0.4 is 5.73 Å². The van der Waals surface area contributed by atoms with Gasteiger partial charge in [0, 0.05) is 12.4 Å². The van der Waals surface area contributed by atoms with Crippen molar-refractivity contribution in [2.45, 2.75) is 6.92 Å². The summed E-state index contributed by atoms with van der Waals surface area (Å²) in [4.78, 5) is 15.4. The molecule has 0 saturated heterocycles. The van der Waals surface area contributed by atoms with Crippen LogP contribution in [0.2, 0.25) is 0 Å². The van der Waals surface area contributed by atoms with Gasteiger partial charge in [-0.15, -0.1) is 0 Å². The van der Waals surface area contributed by atoms with Gasteiger partial charge in [-0.05, 0) is 18.6 Å². The summed E-state index contributed by atoms with van der Waals surface area (Å²) in [5.41, 5.74) is 7.86. The van der Waals surface area contributed by atoms with Gasteiger partial charge < -0.3 is 10.5 Å². The first-order valence-electron chi connectivity index (χ1n) is 4.98. The molecule has 0 radical (unpaired) electrons. The van der Waals surface area contributed by atoms with Crippen molar-refractivity contribution < 1.29 is 9.53 Å². The van der Waals surface area contributed by atoms with E-state index in [1.165, 1.54) is 7.11 Å². The van der Waals surface area contributed by atoms with Gasteiger partial charge in [0.15, 0.2) is 5.69 Å². The Hall–Kier alpha value is -2.37. The number of aromatic nitrogens is 3. The second-order valence-corrected chi connectivity index (χ2v) is 3.53. The summed E-state index contributed by atoms with van der Waals surface area (Å²) < 4.78 is 6.13. The van der Waals surface area contributed by atoms with Crippen LogP contribution >= 0.6 is 0 Å². The smallest absolute Gasteiger partial charge is 0.360 e. The molecule has 88 valence electrons. The van der Waals surface area contributed by atoms with E-state index in [1.54, 1.807) is 29.3 Å². The van der Waals surface area contributed by atoms with Crippen molar-refractivity contribution in [1.29, 1.82) is 0 Å². The van der Waals surface area contributed by atoms with Gasteiger partial charge in [0.05, 0.1) is 24.7 Å². The lowest BCUT2D eigenvalue weighted by atomic mass is 10.3. The van der Waals surface area contributed by atoms with E-state index in [0.717, 1.165) is 11.3 Å². The lowest BCUT2D eigenvalue weighted by Crippen LogP contribution is -2.06. The summed E-state index contributed by atoms with van der Waals surface area (Å²) in [6.45, 7) is 1.90. The predicted molar refractivity (Wildman–Crippen MR) is 61.8 cm³/mol. The lowest BCUT2D eigenvalue weighted by molar-refractivity contribution is 0.0594. The summed E-state index contributed by atoms with van der Waals surface area (Å²) in [6.07, 6.45) is 4.94. The Morgan fingerprint density at radius 2 is 2.29 bits per heavy atom. The van der Waals surface area contributed by atoms with Crippen molar-refractivity contribution in [3.8, 4) is 5.69 Å². The minimum absolute atomic E-state index is 0.115. The molecule has 0 aliphatic carbocycles. The molecule has 6 heteroatoms. The quantitative estimate of drug-likeness (QED) is 0.779. The number of hydrogen-bond donors (Lipinski definition) is 1. The Labute approximate surface area is 98.0 Å². The summed E-state index contributed by atoms with van der Waals surface area (Å²) in [5.74, 6) is -0.548. The molecule has 2 rings (SSSR count). The molecule has 0 aromatic carbocycles. The Balaban J connectivity index is 2.49. The molecule has 0 aliphatic rings. The average molecular weight is 232 g/mol. The first kappa shape index (κ1) is 11.1. The van der Waals surface area contributed by atoms with Crippen LogP contribution in [-0.4, -0.2) is 27.8 Å². The fraction of sp³-hybridized carbons (Fsp3) is 0.182. The molecule has 0 saturated carbocycles. The van der Waals surface area contributed by atoms with Crippen LogP contribution in [0.4, 0.5) is 5.69 Å². The molecule has 0 unspecified atom stereocenters. The standard InChI is InChI=1S/C11H12N4O2/c1-7-5-13-4-3-9(7)15-6-8(12)10(14-15)11(16)17-2/h3-6H,12H2,1-2H3. The number of aryl methyl sites for hydroxylation is 1. The van der Waals surface area contributed by atoms with E-state index < -0.39 is 5.97 Å². The van der Waals surface area contributed by atoms with Gasteiger partial charge in [-0.3, -0.25) is 4.98 Å². The molecule has 2 aromatic rings. The van der Waals surface area contributed by atoms with Crippen LogP contribution in [0.25, 0.3) is 5.69 Å². The van der Waals surface area contributed by atoms with E-state index in [0.29, 0.717) is 0 Å². The number of esters is 1. The fourth-order valence-corrected chi connectivity index (χ4v) is 1.49. The van der Waals surface area contributed by atoms with Crippen LogP contribution in [0.15, 0.2) is 24.7 Å². The topological polar surface area (TPSA) is 83.0 Å². The van der Waals surface area contributed by atoms with E-state index in [-0.39, 0.29) is 11.4 Å². The minimum Gasteiger partial charge on any atom is -0.464 e. The molecule has 2 heterocycles. The molecule has 0 aliphatic heterocycles. The number of methoxy groups -OCH3 is 1. The predicted octanol–water partition coefficient (Wildman–Crippen LogP) is 0.945. The third-order valence-corrected chi connectivity index (χ3v) is 2.36. The van der Waals surface area contributed by atoms with Crippen molar-refractivity contribution in [1.82, 2.24) is 14.8 Å². The van der Waals surface area contributed by atoms with Crippen molar-refractivity contribution in [2.75, 3.05) is 12.8 Å². The van der Waals surface area contributed by atoms with Crippen molar-refractivity contribution in [2.24, 2.45) is 0 Å². The molecule has 0 fully saturated rings. The van der Waals surface area contributed by atoms with Crippen LogP contribution in [0.5, 0.6) is 0 Å².